The molecule has 1 aromatic carbocycles. The van der Waals surface area contributed by atoms with Crippen molar-refractivity contribution in [3.05, 3.63) is 57.4 Å². The lowest BCUT2D eigenvalue weighted by molar-refractivity contribution is -0.118. The Labute approximate surface area is 127 Å². The fourth-order valence-electron chi connectivity index (χ4n) is 1.96. The van der Waals surface area contributed by atoms with Gasteiger partial charge in [0.2, 0.25) is 5.91 Å². The van der Waals surface area contributed by atoms with Gasteiger partial charge in [0.05, 0.1) is 6.04 Å². The van der Waals surface area contributed by atoms with Gasteiger partial charge in [-0.15, -0.1) is 0 Å². The molecule has 0 fully saturated rings. The van der Waals surface area contributed by atoms with Gasteiger partial charge in [-0.1, -0.05) is 18.2 Å². The fourth-order valence-corrected chi connectivity index (χ4v) is 2.32. The smallest absolute Gasteiger partial charge is 0.249 e. The molecule has 0 aromatic heterocycles. The first-order chi connectivity index (χ1) is 9.06. The average molecular weight is 368 g/mol. The Morgan fingerprint density at radius 1 is 1.37 bits per heavy atom. The van der Waals surface area contributed by atoms with E-state index in [2.05, 4.69) is 40.0 Å². The van der Waals surface area contributed by atoms with Crippen molar-refractivity contribution in [1.82, 2.24) is 10.2 Å². The normalized spacial score (nSPS) is 15.9. The van der Waals surface area contributed by atoms with Gasteiger partial charge in [0.1, 0.15) is 0 Å². The summed E-state index contributed by atoms with van der Waals surface area (Å²) in [6.45, 7) is 2.00. The number of rotatable bonds is 3. The minimum Gasteiger partial charge on any atom is -0.357 e. The molecule has 0 saturated carbocycles. The Kier molecular flexibility index (Phi) is 4.63. The number of nitrogens with one attached hydrogen (secondary N) is 1. The minimum atomic E-state index is 0.00208. The van der Waals surface area contributed by atoms with Crippen LogP contribution in [0.25, 0.3) is 0 Å². The van der Waals surface area contributed by atoms with Crippen LogP contribution in [0.2, 0.25) is 0 Å². The number of hydrogen-bond donors (Lipinski definition) is 1. The van der Waals surface area contributed by atoms with Gasteiger partial charge in [-0.3, -0.25) is 4.79 Å². The summed E-state index contributed by atoms with van der Waals surface area (Å²) in [6, 6.07) is 8.22. The van der Waals surface area contributed by atoms with E-state index in [-0.39, 0.29) is 11.9 Å². The van der Waals surface area contributed by atoms with Crippen molar-refractivity contribution < 1.29 is 4.79 Å². The van der Waals surface area contributed by atoms with Gasteiger partial charge >= 0.3 is 0 Å². The second kappa shape index (κ2) is 6.23. The van der Waals surface area contributed by atoms with Gasteiger partial charge in [-0.05, 0) is 59.8 Å². The van der Waals surface area contributed by atoms with E-state index in [4.69, 9.17) is 0 Å². The summed E-state index contributed by atoms with van der Waals surface area (Å²) in [6.07, 6.45) is 6.51. The summed E-state index contributed by atoms with van der Waals surface area (Å²) < 4.78 is 1.20. The zero-order valence-corrected chi connectivity index (χ0v) is 13.2. The lowest BCUT2D eigenvalue weighted by atomic mass is 10.1. The van der Waals surface area contributed by atoms with Gasteiger partial charge in [0.15, 0.2) is 0 Å². The minimum absolute atomic E-state index is 0.00208. The lowest BCUT2D eigenvalue weighted by Crippen LogP contribution is -2.29. The van der Waals surface area contributed by atoms with Gasteiger partial charge < -0.3 is 10.2 Å². The largest absolute Gasteiger partial charge is 0.357 e. The number of carbonyl (C=O) groups excluding carboxylic acids is 1. The maximum absolute atomic E-state index is 12.2. The predicted molar refractivity (Wildman–Crippen MR) is 85.3 cm³/mol. The molecule has 2 rings (SSSR count). The van der Waals surface area contributed by atoms with Crippen LogP contribution < -0.4 is 5.32 Å². The highest BCUT2D eigenvalue weighted by atomic mass is 127. The molecule has 100 valence electrons. The van der Waals surface area contributed by atoms with Gasteiger partial charge in [-0.2, -0.15) is 0 Å². The Bertz CT molecular complexity index is 519. The van der Waals surface area contributed by atoms with E-state index in [0.717, 1.165) is 11.1 Å². The van der Waals surface area contributed by atoms with Gasteiger partial charge in [0, 0.05) is 22.4 Å². The molecule has 0 radical (unpaired) electrons. The Balaban J connectivity index is 2.01. The topological polar surface area (TPSA) is 32.3 Å². The van der Waals surface area contributed by atoms with E-state index >= 15 is 0 Å². The number of halogens is 1. The molecule has 3 nitrogen and oxygen atoms in total. The molecule has 4 heteroatoms. The van der Waals surface area contributed by atoms with E-state index in [1.807, 2.05) is 49.5 Å². The highest BCUT2D eigenvalue weighted by Crippen LogP contribution is 2.17. The van der Waals surface area contributed by atoms with Crippen LogP contribution in [0, 0.1) is 3.57 Å². The van der Waals surface area contributed by atoms with Crippen molar-refractivity contribution in [2.45, 2.75) is 19.4 Å². The maximum atomic E-state index is 12.2. The number of carbonyl (C=O) groups is 1. The number of amides is 1. The first-order valence-electron chi connectivity index (χ1n) is 6.22. The van der Waals surface area contributed by atoms with Gasteiger partial charge in [0.25, 0.3) is 0 Å². The number of hydrogen-bond acceptors (Lipinski definition) is 2. The molecule has 19 heavy (non-hydrogen) atoms. The van der Waals surface area contributed by atoms with Crippen molar-refractivity contribution in [2.75, 3.05) is 7.05 Å². The molecule has 1 heterocycles. The summed E-state index contributed by atoms with van der Waals surface area (Å²) in [5.41, 5.74) is 1.91. The Morgan fingerprint density at radius 2 is 2.05 bits per heavy atom. The third-order valence-electron chi connectivity index (χ3n) is 3.05. The molecule has 1 amide bonds. The number of nitrogens with zero attached hydrogens (tertiary/aromatic N) is 1. The summed E-state index contributed by atoms with van der Waals surface area (Å²) in [7, 11) is 1.92. The van der Waals surface area contributed by atoms with E-state index in [1.165, 1.54) is 3.57 Å². The molecular weight excluding hydrogens is 351 g/mol. The quantitative estimate of drug-likeness (QED) is 0.832. The third kappa shape index (κ3) is 3.83. The fraction of sp³-hybridized carbons (Fsp3) is 0.267. The highest BCUT2D eigenvalue weighted by Gasteiger charge is 2.15. The zero-order chi connectivity index (χ0) is 13.8. The van der Waals surface area contributed by atoms with E-state index in [1.54, 1.807) is 0 Å². The Morgan fingerprint density at radius 3 is 2.68 bits per heavy atom. The van der Waals surface area contributed by atoms with Crippen LogP contribution in [0.5, 0.6) is 0 Å². The van der Waals surface area contributed by atoms with Crippen LogP contribution in [0.1, 0.15) is 24.9 Å². The Hall–Kier alpha value is -1.30. The van der Waals surface area contributed by atoms with Crippen LogP contribution in [0.15, 0.2) is 48.3 Å². The number of allylic oxidation sites excluding steroid dienone is 1. The molecule has 1 aromatic rings. The summed E-state index contributed by atoms with van der Waals surface area (Å²) >= 11 is 2.27. The van der Waals surface area contributed by atoms with Crippen LogP contribution >= 0.6 is 22.6 Å². The molecule has 0 aliphatic carbocycles. The second-order valence-electron chi connectivity index (χ2n) is 4.66. The van der Waals surface area contributed by atoms with Crippen LogP contribution in [0.3, 0.4) is 0 Å². The van der Waals surface area contributed by atoms with E-state index in [0.29, 0.717) is 6.42 Å². The molecule has 1 aliphatic heterocycles. The molecule has 0 saturated heterocycles. The van der Waals surface area contributed by atoms with Crippen molar-refractivity contribution >= 4 is 28.5 Å². The number of benzene rings is 1. The molecule has 0 spiro atoms. The van der Waals surface area contributed by atoms with Crippen molar-refractivity contribution in [3.63, 3.8) is 0 Å². The van der Waals surface area contributed by atoms with Crippen molar-refractivity contribution in [3.8, 4) is 0 Å². The lowest BCUT2D eigenvalue weighted by Gasteiger charge is -2.19. The molecule has 0 bridgehead atoms. The second-order valence-corrected chi connectivity index (χ2v) is 5.90. The van der Waals surface area contributed by atoms with Crippen molar-refractivity contribution in [2.24, 2.45) is 0 Å². The van der Waals surface area contributed by atoms with Crippen molar-refractivity contribution in [1.29, 1.82) is 0 Å². The summed E-state index contributed by atoms with van der Waals surface area (Å²) in [5, 5.41) is 3.04. The molecular formula is C15H17IN2O. The first kappa shape index (κ1) is 14.1. The van der Waals surface area contributed by atoms with E-state index < -0.39 is 0 Å². The summed E-state index contributed by atoms with van der Waals surface area (Å²) in [4.78, 5) is 14.0. The van der Waals surface area contributed by atoms with Crippen LogP contribution in [0.4, 0.5) is 0 Å². The van der Waals surface area contributed by atoms with Crippen LogP contribution in [-0.4, -0.2) is 17.9 Å². The first-order valence-corrected chi connectivity index (χ1v) is 7.30. The highest BCUT2D eigenvalue weighted by molar-refractivity contribution is 14.1. The molecule has 1 atom stereocenters. The molecule has 0 unspecified atom stereocenters. The zero-order valence-electron chi connectivity index (χ0n) is 11.1. The predicted octanol–water partition coefficient (Wildman–Crippen LogP) is 3.20. The van der Waals surface area contributed by atoms with Gasteiger partial charge in [-0.25, -0.2) is 0 Å². The SMILES string of the molecule is C[C@@H](NC(=O)C1=CN(C)C=CC1)c1ccc(I)cc1. The monoisotopic (exact) mass is 368 g/mol. The maximum Gasteiger partial charge on any atom is 0.249 e. The molecule has 1 aliphatic rings. The molecule has 1 N–H and O–H groups in total. The van der Waals surface area contributed by atoms with E-state index in [9.17, 15) is 4.79 Å². The standard InChI is InChI=1S/C15H17IN2O/c1-11(12-5-7-14(16)8-6-12)17-15(19)13-4-3-9-18(2)10-13/h3,5-11H,4H2,1-2H3,(H,17,19)/t11-/m1/s1. The van der Waals surface area contributed by atoms with Crippen LogP contribution in [-0.2, 0) is 4.79 Å². The third-order valence-corrected chi connectivity index (χ3v) is 3.77. The average Bonchev–Trinajstić information content (AvgIpc) is 2.39. The summed E-state index contributed by atoms with van der Waals surface area (Å²) in [5.74, 6) is 0.00208.